The fraction of sp³-hybridized carbons (Fsp3) is 1.00. The van der Waals surface area contributed by atoms with Crippen molar-refractivity contribution in [1.82, 2.24) is 0 Å². The maximum atomic E-state index is 6.03. The Morgan fingerprint density at radius 1 is 0.923 bits per heavy atom. The Kier molecular flexibility index (Phi) is 5.18. The van der Waals surface area contributed by atoms with Crippen molar-refractivity contribution in [3.63, 3.8) is 0 Å². The van der Waals surface area contributed by atoms with Gasteiger partial charge in [-0.15, -0.1) is 0 Å². The van der Waals surface area contributed by atoms with Crippen LogP contribution >= 0.6 is 0 Å². The van der Waals surface area contributed by atoms with E-state index in [1.54, 1.807) is 7.11 Å². The van der Waals surface area contributed by atoms with Gasteiger partial charge in [-0.2, -0.15) is 0 Å². The van der Waals surface area contributed by atoms with Crippen molar-refractivity contribution < 1.29 is 8.85 Å². The average molecular weight is 204 g/mol. The quantitative estimate of drug-likeness (QED) is 0.641. The van der Waals surface area contributed by atoms with Gasteiger partial charge in [-0.1, -0.05) is 27.7 Å². The van der Waals surface area contributed by atoms with Crippen LogP contribution in [0.3, 0.4) is 0 Å². The van der Waals surface area contributed by atoms with Crippen LogP contribution in [0.15, 0.2) is 0 Å². The van der Waals surface area contributed by atoms with Crippen LogP contribution in [0.2, 0.25) is 13.1 Å². The smallest absolute Gasteiger partial charge is 0.331 e. The summed E-state index contributed by atoms with van der Waals surface area (Å²) < 4.78 is 11.4. The van der Waals surface area contributed by atoms with E-state index < -0.39 is 8.56 Å². The lowest BCUT2D eigenvalue weighted by atomic mass is 9.97. The molecule has 0 aromatic heterocycles. The highest BCUT2D eigenvalue weighted by Gasteiger charge is 2.30. The van der Waals surface area contributed by atoms with Gasteiger partial charge >= 0.3 is 8.56 Å². The second-order valence-corrected chi connectivity index (χ2v) is 8.12. The van der Waals surface area contributed by atoms with Gasteiger partial charge in [0.1, 0.15) is 0 Å². The Bertz CT molecular complexity index is 136. The van der Waals surface area contributed by atoms with Gasteiger partial charge in [-0.3, -0.25) is 0 Å². The second kappa shape index (κ2) is 5.13. The molecule has 0 aliphatic rings. The van der Waals surface area contributed by atoms with E-state index in [-0.39, 0.29) is 0 Å². The summed E-state index contributed by atoms with van der Waals surface area (Å²) in [5.74, 6) is 1.11. The van der Waals surface area contributed by atoms with Crippen molar-refractivity contribution in [2.24, 2.45) is 11.8 Å². The van der Waals surface area contributed by atoms with Gasteiger partial charge in [0, 0.05) is 7.11 Å². The number of hydrogen-bond acceptors (Lipinski definition) is 2. The molecule has 0 aromatic carbocycles. The number of rotatable bonds is 5. The molecule has 80 valence electrons. The van der Waals surface area contributed by atoms with Crippen LogP contribution in [0.1, 0.15) is 27.7 Å². The zero-order chi connectivity index (χ0) is 10.6. The van der Waals surface area contributed by atoms with Crippen LogP contribution in [0, 0.1) is 11.8 Å². The predicted molar refractivity (Wildman–Crippen MR) is 59.0 cm³/mol. The van der Waals surface area contributed by atoms with E-state index in [4.69, 9.17) is 8.85 Å². The zero-order valence-corrected chi connectivity index (χ0v) is 11.0. The van der Waals surface area contributed by atoms with E-state index in [0.29, 0.717) is 17.9 Å². The maximum absolute atomic E-state index is 6.03. The van der Waals surface area contributed by atoms with Crippen LogP contribution in [0.25, 0.3) is 0 Å². The molecule has 0 saturated carbocycles. The van der Waals surface area contributed by atoms with Crippen molar-refractivity contribution in [2.45, 2.75) is 46.9 Å². The highest BCUT2D eigenvalue weighted by atomic mass is 28.4. The van der Waals surface area contributed by atoms with Crippen LogP contribution in [0.5, 0.6) is 0 Å². The third kappa shape index (κ3) is 4.79. The molecule has 3 heteroatoms. The van der Waals surface area contributed by atoms with Crippen molar-refractivity contribution in [3.05, 3.63) is 0 Å². The SMILES string of the molecule is CO[Si](C)(C)OC(C(C)C)C(C)C. The maximum Gasteiger partial charge on any atom is 0.331 e. The molecule has 0 aliphatic carbocycles. The van der Waals surface area contributed by atoms with E-state index in [1.807, 2.05) is 0 Å². The monoisotopic (exact) mass is 204 g/mol. The first-order chi connectivity index (χ1) is 5.80. The fourth-order valence-corrected chi connectivity index (χ4v) is 2.71. The van der Waals surface area contributed by atoms with Gasteiger partial charge in [-0.05, 0) is 24.9 Å². The summed E-state index contributed by atoms with van der Waals surface area (Å²) >= 11 is 0. The predicted octanol–water partition coefficient (Wildman–Crippen LogP) is 3.03. The summed E-state index contributed by atoms with van der Waals surface area (Å²) in [6, 6.07) is 0. The Morgan fingerprint density at radius 3 is 1.54 bits per heavy atom. The van der Waals surface area contributed by atoms with Crippen LogP contribution < -0.4 is 0 Å². The summed E-state index contributed by atoms with van der Waals surface area (Å²) in [4.78, 5) is 0. The van der Waals surface area contributed by atoms with E-state index in [1.165, 1.54) is 0 Å². The van der Waals surface area contributed by atoms with Gasteiger partial charge in [0.05, 0.1) is 6.10 Å². The first-order valence-corrected chi connectivity index (χ1v) is 7.84. The topological polar surface area (TPSA) is 18.5 Å². The van der Waals surface area contributed by atoms with E-state index in [0.717, 1.165) is 0 Å². The van der Waals surface area contributed by atoms with Crippen molar-refractivity contribution in [1.29, 1.82) is 0 Å². The zero-order valence-electron chi connectivity index (χ0n) is 10.0. The summed E-state index contributed by atoms with van der Waals surface area (Å²) in [7, 11) is -0.126. The van der Waals surface area contributed by atoms with Crippen molar-refractivity contribution >= 4 is 8.56 Å². The molecule has 0 aliphatic heterocycles. The molecule has 2 nitrogen and oxygen atoms in total. The minimum absolute atomic E-state index is 0.321. The normalized spacial score (nSPS) is 13.4. The highest BCUT2D eigenvalue weighted by molar-refractivity contribution is 6.64. The lowest BCUT2D eigenvalue weighted by Gasteiger charge is -2.32. The molecule has 0 spiro atoms. The summed E-state index contributed by atoms with van der Waals surface area (Å²) in [6.07, 6.45) is 0.321. The minimum Gasteiger partial charge on any atom is -0.398 e. The standard InChI is InChI=1S/C10H24O2Si/c1-8(2)10(9(3)4)12-13(6,7)11-5/h8-10H,1-7H3. The molecule has 0 heterocycles. The van der Waals surface area contributed by atoms with Gasteiger partial charge in [-0.25, -0.2) is 0 Å². The number of hydrogen-bond donors (Lipinski definition) is 0. The van der Waals surface area contributed by atoms with Crippen molar-refractivity contribution in [3.8, 4) is 0 Å². The first-order valence-electron chi connectivity index (χ1n) is 5.03. The average Bonchev–Trinajstić information content (AvgIpc) is 1.99. The van der Waals surface area contributed by atoms with E-state index in [2.05, 4.69) is 40.8 Å². The second-order valence-electron chi connectivity index (χ2n) is 4.67. The minimum atomic E-state index is -1.87. The molecule has 0 rings (SSSR count). The van der Waals surface area contributed by atoms with Gasteiger partial charge in [0.2, 0.25) is 0 Å². The molecule has 0 unspecified atom stereocenters. The molecular formula is C10H24O2Si. The Labute approximate surface area is 83.9 Å². The van der Waals surface area contributed by atoms with Crippen molar-refractivity contribution in [2.75, 3.05) is 7.11 Å². The Balaban J connectivity index is 4.26. The summed E-state index contributed by atoms with van der Waals surface area (Å²) in [5.41, 5.74) is 0. The van der Waals surface area contributed by atoms with E-state index >= 15 is 0 Å². The molecule has 0 atom stereocenters. The molecule has 0 bridgehead atoms. The van der Waals surface area contributed by atoms with Gasteiger partial charge in [0.15, 0.2) is 0 Å². The Hall–Kier alpha value is 0.137. The van der Waals surface area contributed by atoms with Gasteiger partial charge < -0.3 is 8.85 Å². The molecule has 0 N–H and O–H groups in total. The summed E-state index contributed by atoms with van der Waals surface area (Å²) in [6.45, 7) is 13.0. The molecule has 0 saturated heterocycles. The van der Waals surface area contributed by atoms with E-state index in [9.17, 15) is 0 Å². The molecular weight excluding hydrogens is 180 g/mol. The Morgan fingerprint density at radius 2 is 1.31 bits per heavy atom. The molecule has 0 amide bonds. The summed E-state index contributed by atoms with van der Waals surface area (Å²) in [5, 5.41) is 0. The van der Waals surface area contributed by atoms with Crippen LogP contribution in [-0.4, -0.2) is 21.8 Å². The fourth-order valence-electron chi connectivity index (χ4n) is 1.42. The lowest BCUT2D eigenvalue weighted by molar-refractivity contribution is 0.0647. The van der Waals surface area contributed by atoms with Crippen LogP contribution in [-0.2, 0) is 8.85 Å². The third-order valence-corrected chi connectivity index (χ3v) is 4.05. The van der Waals surface area contributed by atoms with Gasteiger partial charge in [0.25, 0.3) is 0 Å². The molecule has 0 radical (unpaired) electrons. The third-order valence-electron chi connectivity index (χ3n) is 2.23. The molecule has 13 heavy (non-hydrogen) atoms. The highest BCUT2D eigenvalue weighted by Crippen LogP contribution is 2.21. The van der Waals surface area contributed by atoms with Crippen LogP contribution in [0.4, 0.5) is 0 Å². The lowest BCUT2D eigenvalue weighted by Crippen LogP contribution is -2.42. The molecule has 0 aromatic rings. The molecule has 0 fully saturated rings. The largest absolute Gasteiger partial charge is 0.398 e. The first kappa shape index (κ1) is 13.1.